The van der Waals surface area contributed by atoms with E-state index in [1.54, 1.807) is 0 Å². The number of nitrogens with one attached hydrogen (secondary N) is 1. The van der Waals surface area contributed by atoms with Crippen LogP contribution in [0.1, 0.15) is 36.9 Å². The number of carbonyl (C=O) groups excluding carboxylic acids is 1. The second-order valence-corrected chi connectivity index (χ2v) is 5.94. The van der Waals surface area contributed by atoms with Crippen LogP contribution in [-0.2, 0) is 4.79 Å². The van der Waals surface area contributed by atoms with Gasteiger partial charge in [-0.3, -0.25) is 4.79 Å². The van der Waals surface area contributed by atoms with Crippen molar-refractivity contribution in [3.05, 3.63) is 64.7 Å². The zero-order valence-corrected chi connectivity index (χ0v) is 14.3. The first kappa shape index (κ1) is 17.4. The first-order valence-corrected chi connectivity index (χ1v) is 8.18. The molecule has 0 radical (unpaired) electrons. The number of aryl methyl sites for hydroxylation is 1. The first-order chi connectivity index (χ1) is 11.1. The van der Waals surface area contributed by atoms with Crippen molar-refractivity contribution in [2.75, 3.05) is 6.61 Å². The molecule has 0 aliphatic carbocycles. The molecule has 2 rings (SSSR count). The highest BCUT2D eigenvalue weighted by molar-refractivity contribution is 6.31. The average Bonchev–Trinajstić information content (AvgIpc) is 2.53. The lowest BCUT2D eigenvalue weighted by Gasteiger charge is -2.16. The molecule has 0 aliphatic rings. The minimum atomic E-state index is -0.103. The third-order valence-corrected chi connectivity index (χ3v) is 3.99. The fraction of sp³-hybridized carbons (Fsp3) is 0.316. The van der Waals surface area contributed by atoms with Crippen molar-refractivity contribution in [1.29, 1.82) is 0 Å². The summed E-state index contributed by atoms with van der Waals surface area (Å²) in [6.07, 6.45) is 1.11. The molecule has 2 aromatic rings. The molecule has 1 atom stereocenters. The van der Waals surface area contributed by atoms with Crippen LogP contribution >= 0.6 is 11.6 Å². The lowest BCUT2D eigenvalue weighted by atomic mass is 10.1. The molecule has 0 aromatic heterocycles. The van der Waals surface area contributed by atoms with E-state index in [1.807, 2.05) is 62.4 Å². The van der Waals surface area contributed by atoms with Gasteiger partial charge in [-0.25, -0.2) is 0 Å². The summed E-state index contributed by atoms with van der Waals surface area (Å²) in [5.74, 6) is 0.878. The van der Waals surface area contributed by atoms with Crippen LogP contribution in [0, 0.1) is 6.92 Å². The number of amides is 1. The molecule has 0 aliphatic heterocycles. The maximum Gasteiger partial charge on any atom is 0.220 e. The molecule has 0 heterocycles. The number of halogens is 1. The first-order valence-electron chi connectivity index (χ1n) is 7.80. The molecule has 2 aromatic carbocycles. The highest BCUT2D eigenvalue weighted by atomic mass is 35.5. The minimum absolute atomic E-state index is 0.00537. The van der Waals surface area contributed by atoms with E-state index >= 15 is 0 Å². The van der Waals surface area contributed by atoms with Gasteiger partial charge in [-0.05, 0) is 43.5 Å². The monoisotopic (exact) mass is 331 g/mol. The summed E-state index contributed by atoms with van der Waals surface area (Å²) in [4.78, 5) is 12.0. The van der Waals surface area contributed by atoms with Gasteiger partial charge in [0.2, 0.25) is 5.91 Å². The number of rotatable bonds is 7. The van der Waals surface area contributed by atoms with E-state index in [4.69, 9.17) is 16.3 Å². The summed E-state index contributed by atoms with van der Waals surface area (Å²) in [5, 5.41) is 3.64. The highest BCUT2D eigenvalue weighted by Gasteiger charge is 2.12. The predicted molar refractivity (Wildman–Crippen MR) is 93.9 cm³/mol. The Morgan fingerprint density at radius 1 is 1.17 bits per heavy atom. The Bertz CT molecular complexity index is 657. The Labute approximate surface area is 142 Å². The molecule has 1 N–H and O–H groups in total. The van der Waals surface area contributed by atoms with Crippen molar-refractivity contribution in [1.82, 2.24) is 5.32 Å². The molecule has 122 valence electrons. The fourth-order valence-electron chi connectivity index (χ4n) is 2.35. The van der Waals surface area contributed by atoms with Gasteiger partial charge in [0.05, 0.1) is 12.6 Å². The summed E-state index contributed by atoms with van der Waals surface area (Å²) in [7, 11) is 0. The number of hydrogen-bond donors (Lipinski definition) is 1. The van der Waals surface area contributed by atoms with Crippen LogP contribution in [0.25, 0.3) is 0 Å². The normalized spacial score (nSPS) is 11.8. The van der Waals surface area contributed by atoms with Crippen molar-refractivity contribution in [3.8, 4) is 5.75 Å². The molecule has 4 heteroatoms. The Morgan fingerprint density at radius 3 is 2.61 bits per heavy atom. The second kappa shape index (κ2) is 8.59. The van der Waals surface area contributed by atoms with Gasteiger partial charge < -0.3 is 10.1 Å². The molecule has 3 nitrogen and oxygen atoms in total. The standard InChI is InChI=1S/C19H22ClNO2/c1-14-8-3-6-11-18(14)23-13-7-12-19(22)21-15(2)16-9-4-5-10-17(16)20/h3-6,8-11,15H,7,12-13H2,1-2H3,(H,21,22). The maximum atomic E-state index is 12.0. The summed E-state index contributed by atoms with van der Waals surface area (Å²) in [6.45, 7) is 4.47. The molecule has 1 amide bonds. The molecule has 0 saturated carbocycles. The van der Waals surface area contributed by atoms with Gasteiger partial charge in [-0.2, -0.15) is 0 Å². The summed E-state index contributed by atoms with van der Waals surface area (Å²) >= 11 is 6.14. The number of hydrogen-bond acceptors (Lipinski definition) is 2. The van der Waals surface area contributed by atoms with E-state index in [0.29, 0.717) is 24.5 Å². The predicted octanol–water partition coefficient (Wildman–Crippen LogP) is 4.68. The molecule has 0 saturated heterocycles. The van der Waals surface area contributed by atoms with Gasteiger partial charge in [0.25, 0.3) is 0 Å². The summed E-state index contributed by atoms with van der Waals surface area (Å²) < 4.78 is 5.69. The fourth-order valence-corrected chi connectivity index (χ4v) is 2.65. The molecule has 0 bridgehead atoms. The molecule has 0 spiro atoms. The average molecular weight is 332 g/mol. The van der Waals surface area contributed by atoms with Crippen LogP contribution in [0.3, 0.4) is 0 Å². The third-order valence-electron chi connectivity index (χ3n) is 3.65. The molecule has 0 fully saturated rings. The largest absolute Gasteiger partial charge is 0.493 e. The van der Waals surface area contributed by atoms with Crippen LogP contribution in [-0.4, -0.2) is 12.5 Å². The third kappa shape index (κ3) is 5.29. The topological polar surface area (TPSA) is 38.3 Å². The van der Waals surface area contributed by atoms with Crippen molar-refractivity contribution in [2.24, 2.45) is 0 Å². The van der Waals surface area contributed by atoms with E-state index < -0.39 is 0 Å². The molecular formula is C19H22ClNO2. The van der Waals surface area contributed by atoms with E-state index in [9.17, 15) is 4.79 Å². The van der Waals surface area contributed by atoms with Crippen molar-refractivity contribution in [2.45, 2.75) is 32.7 Å². The zero-order chi connectivity index (χ0) is 16.7. The van der Waals surface area contributed by atoms with E-state index in [2.05, 4.69) is 5.32 Å². The van der Waals surface area contributed by atoms with Gasteiger partial charge in [0.15, 0.2) is 0 Å². The maximum absolute atomic E-state index is 12.0. The van der Waals surface area contributed by atoms with E-state index in [1.165, 1.54) is 0 Å². The van der Waals surface area contributed by atoms with Gasteiger partial charge in [-0.1, -0.05) is 48.0 Å². The summed E-state index contributed by atoms with van der Waals surface area (Å²) in [6, 6.07) is 15.3. The quantitative estimate of drug-likeness (QED) is 0.748. The Morgan fingerprint density at radius 2 is 1.87 bits per heavy atom. The van der Waals surface area contributed by atoms with Gasteiger partial charge >= 0.3 is 0 Å². The highest BCUT2D eigenvalue weighted by Crippen LogP contribution is 2.22. The van der Waals surface area contributed by atoms with E-state index in [-0.39, 0.29) is 11.9 Å². The zero-order valence-electron chi connectivity index (χ0n) is 13.5. The Balaban J connectivity index is 1.73. The van der Waals surface area contributed by atoms with Crippen LogP contribution in [0.5, 0.6) is 5.75 Å². The van der Waals surface area contributed by atoms with Crippen LogP contribution < -0.4 is 10.1 Å². The number of para-hydroxylation sites is 1. The Hall–Kier alpha value is -2.00. The van der Waals surface area contributed by atoms with Crippen molar-refractivity contribution < 1.29 is 9.53 Å². The van der Waals surface area contributed by atoms with Crippen molar-refractivity contribution in [3.63, 3.8) is 0 Å². The number of benzene rings is 2. The number of carbonyl (C=O) groups is 1. The molecular weight excluding hydrogens is 310 g/mol. The smallest absolute Gasteiger partial charge is 0.220 e. The van der Waals surface area contributed by atoms with Crippen LogP contribution in [0.15, 0.2) is 48.5 Å². The lowest BCUT2D eigenvalue weighted by Crippen LogP contribution is -2.26. The Kier molecular flexibility index (Phi) is 6.48. The molecule has 23 heavy (non-hydrogen) atoms. The number of ether oxygens (including phenoxy) is 1. The van der Waals surface area contributed by atoms with E-state index in [0.717, 1.165) is 16.9 Å². The molecule has 1 unspecified atom stereocenters. The van der Waals surface area contributed by atoms with Gasteiger partial charge in [0.1, 0.15) is 5.75 Å². The summed E-state index contributed by atoms with van der Waals surface area (Å²) in [5.41, 5.74) is 2.03. The van der Waals surface area contributed by atoms with Crippen LogP contribution in [0.2, 0.25) is 5.02 Å². The van der Waals surface area contributed by atoms with Gasteiger partial charge in [-0.15, -0.1) is 0 Å². The van der Waals surface area contributed by atoms with Crippen LogP contribution in [0.4, 0.5) is 0 Å². The SMILES string of the molecule is Cc1ccccc1OCCCC(=O)NC(C)c1ccccc1Cl. The van der Waals surface area contributed by atoms with Gasteiger partial charge in [0, 0.05) is 11.4 Å². The minimum Gasteiger partial charge on any atom is -0.493 e. The van der Waals surface area contributed by atoms with Crippen molar-refractivity contribution >= 4 is 17.5 Å². The lowest BCUT2D eigenvalue weighted by molar-refractivity contribution is -0.121. The second-order valence-electron chi connectivity index (χ2n) is 5.53.